The molecule has 0 radical (unpaired) electrons. The number of amides is 1. The summed E-state index contributed by atoms with van der Waals surface area (Å²) >= 11 is 0. The van der Waals surface area contributed by atoms with E-state index in [1.165, 1.54) is 18.2 Å². The molecule has 0 aliphatic rings. The zero-order valence-corrected chi connectivity index (χ0v) is 11.9. The highest BCUT2D eigenvalue weighted by Crippen LogP contribution is 2.24. The van der Waals surface area contributed by atoms with E-state index in [2.05, 4.69) is 15.5 Å². The highest BCUT2D eigenvalue weighted by molar-refractivity contribution is 6.04. The summed E-state index contributed by atoms with van der Waals surface area (Å²) in [6, 6.07) is 16.9. The number of nitrogens with zero attached hydrogens (tertiary/aromatic N) is 2. The highest BCUT2D eigenvalue weighted by atomic mass is 16.6. The van der Waals surface area contributed by atoms with Crippen LogP contribution in [0.4, 0.5) is 11.4 Å². The van der Waals surface area contributed by atoms with Gasteiger partial charge in [-0.2, -0.15) is 5.10 Å². The van der Waals surface area contributed by atoms with E-state index in [-0.39, 0.29) is 17.1 Å². The summed E-state index contributed by atoms with van der Waals surface area (Å²) in [7, 11) is 0. The molecule has 1 amide bonds. The van der Waals surface area contributed by atoms with Crippen LogP contribution in [0.2, 0.25) is 0 Å². The number of hydrogen-bond donors (Lipinski definition) is 2. The summed E-state index contributed by atoms with van der Waals surface area (Å²) in [5, 5.41) is 20.2. The summed E-state index contributed by atoms with van der Waals surface area (Å²) in [4.78, 5) is 22.6. The Morgan fingerprint density at radius 1 is 1.09 bits per heavy atom. The first kappa shape index (κ1) is 14.5. The summed E-state index contributed by atoms with van der Waals surface area (Å²) in [6.07, 6.45) is 0. The molecular weight excluding hydrogens is 296 g/mol. The van der Waals surface area contributed by atoms with Gasteiger partial charge in [0.25, 0.3) is 11.6 Å². The lowest BCUT2D eigenvalue weighted by Gasteiger charge is -2.03. The number of hydrogen-bond acceptors (Lipinski definition) is 4. The largest absolute Gasteiger partial charge is 0.315 e. The van der Waals surface area contributed by atoms with Gasteiger partial charge in [-0.15, -0.1) is 0 Å². The Bertz CT molecular complexity index is 859. The fraction of sp³-hybridized carbons (Fsp3) is 0. The lowest BCUT2D eigenvalue weighted by atomic mass is 10.1. The number of nitro benzene ring substituents is 1. The van der Waals surface area contributed by atoms with E-state index >= 15 is 0 Å². The Morgan fingerprint density at radius 3 is 2.52 bits per heavy atom. The van der Waals surface area contributed by atoms with E-state index in [0.29, 0.717) is 5.69 Å². The normalized spacial score (nSPS) is 10.3. The van der Waals surface area contributed by atoms with Gasteiger partial charge in [0.1, 0.15) is 11.4 Å². The molecule has 2 aromatic carbocycles. The molecule has 0 saturated carbocycles. The van der Waals surface area contributed by atoms with Gasteiger partial charge >= 0.3 is 0 Å². The topological polar surface area (TPSA) is 101 Å². The standard InChI is InChI=1S/C16H12N4O3/c21-16(17-12-8-4-5-9-15(12)20(22)23)14-10-13(18-19-14)11-6-2-1-3-7-11/h1-10H,(H,17,21)(H,18,19). The maximum atomic E-state index is 12.2. The Labute approximate surface area is 131 Å². The predicted octanol–water partition coefficient (Wildman–Crippen LogP) is 3.24. The quantitative estimate of drug-likeness (QED) is 0.570. The zero-order chi connectivity index (χ0) is 16.2. The molecule has 1 heterocycles. The first-order chi connectivity index (χ1) is 11.1. The number of nitrogens with one attached hydrogen (secondary N) is 2. The van der Waals surface area contributed by atoms with Crippen molar-refractivity contribution in [3.05, 3.63) is 76.5 Å². The maximum Gasteiger partial charge on any atom is 0.292 e. The van der Waals surface area contributed by atoms with Crippen molar-refractivity contribution in [2.75, 3.05) is 5.32 Å². The zero-order valence-electron chi connectivity index (χ0n) is 11.9. The third-order valence-corrected chi connectivity index (χ3v) is 3.24. The van der Waals surface area contributed by atoms with Gasteiger partial charge in [-0.1, -0.05) is 42.5 Å². The molecule has 23 heavy (non-hydrogen) atoms. The van der Waals surface area contributed by atoms with Crippen LogP contribution in [-0.4, -0.2) is 21.0 Å². The van der Waals surface area contributed by atoms with Gasteiger partial charge in [-0.3, -0.25) is 20.0 Å². The minimum Gasteiger partial charge on any atom is -0.315 e. The van der Waals surface area contributed by atoms with Crippen LogP contribution in [-0.2, 0) is 0 Å². The van der Waals surface area contributed by atoms with Crippen LogP contribution in [0, 0.1) is 10.1 Å². The van der Waals surface area contributed by atoms with Gasteiger partial charge in [0, 0.05) is 11.6 Å². The molecular formula is C16H12N4O3. The van der Waals surface area contributed by atoms with E-state index in [4.69, 9.17) is 0 Å². The van der Waals surface area contributed by atoms with Crippen LogP contribution in [0.5, 0.6) is 0 Å². The first-order valence-electron chi connectivity index (χ1n) is 6.81. The van der Waals surface area contributed by atoms with Crippen LogP contribution in [0.15, 0.2) is 60.7 Å². The Morgan fingerprint density at radius 2 is 1.78 bits per heavy atom. The van der Waals surface area contributed by atoms with E-state index in [1.807, 2.05) is 30.3 Å². The molecule has 2 N–H and O–H groups in total. The average molecular weight is 308 g/mol. The number of H-pyrrole nitrogens is 1. The van der Waals surface area contributed by atoms with Gasteiger partial charge < -0.3 is 5.32 Å². The first-order valence-corrected chi connectivity index (χ1v) is 6.81. The minimum absolute atomic E-state index is 0.137. The van der Waals surface area contributed by atoms with Crippen molar-refractivity contribution in [1.82, 2.24) is 10.2 Å². The number of rotatable bonds is 4. The van der Waals surface area contributed by atoms with Crippen LogP contribution in [0.3, 0.4) is 0 Å². The van der Waals surface area contributed by atoms with Crippen LogP contribution >= 0.6 is 0 Å². The molecule has 0 aliphatic heterocycles. The summed E-state index contributed by atoms with van der Waals surface area (Å²) < 4.78 is 0. The fourth-order valence-corrected chi connectivity index (χ4v) is 2.12. The lowest BCUT2D eigenvalue weighted by molar-refractivity contribution is -0.383. The van der Waals surface area contributed by atoms with Gasteiger partial charge in [0.15, 0.2) is 0 Å². The number of aromatic amines is 1. The second-order valence-electron chi connectivity index (χ2n) is 4.76. The predicted molar refractivity (Wildman–Crippen MR) is 85.1 cm³/mol. The van der Waals surface area contributed by atoms with Crippen LogP contribution in [0.25, 0.3) is 11.3 Å². The molecule has 7 heteroatoms. The lowest BCUT2D eigenvalue weighted by Crippen LogP contribution is -2.13. The fourth-order valence-electron chi connectivity index (χ4n) is 2.12. The third kappa shape index (κ3) is 3.08. The molecule has 0 unspecified atom stereocenters. The number of nitro groups is 1. The Kier molecular flexibility index (Phi) is 3.84. The monoisotopic (exact) mass is 308 g/mol. The maximum absolute atomic E-state index is 12.2. The number of anilines is 1. The summed E-state index contributed by atoms with van der Waals surface area (Å²) in [5.74, 6) is -0.492. The van der Waals surface area contributed by atoms with E-state index in [1.54, 1.807) is 12.1 Å². The molecule has 114 valence electrons. The second kappa shape index (κ2) is 6.10. The van der Waals surface area contributed by atoms with Crippen molar-refractivity contribution in [3.8, 4) is 11.3 Å². The molecule has 7 nitrogen and oxygen atoms in total. The van der Waals surface area contributed by atoms with Gasteiger partial charge in [-0.05, 0) is 12.1 Å². The summed E-state index contributed by atoms with van der Waals surface area (Å²) in [6.45, 7) is 0. The molecule has 1 aromatic heterocycles. The summed E-state index contributed by atoms with van der Waals surface area (Å²) in [5.41, 5.74) is 1.69. The van der Waals surface area contributed by atoms with Gasteiger partial charge in [-0.25, -0.2) is 0 Å². The molecule has 3 aromatic rings. The molecule has 0 spiro atoms. The number of benzene rings is 2. The molecule has 0 bridgehead atoms. The van der Waals surface area contributed by atoms with E-state index in [9.17, 15) is 14.9 Å². The number of carbonyl (C=O) groups is 1. The number of aromatic nitrogens is 2. The van der Waals surface area contributed by atoms with Gasteiger partial charge in [0.2, 0.25) is 0 Å². The van der Waals surface area contributed by atoms with Crippen molar-refractivity contribution in [2.24, 2.45) is 0 Å². The smallest absolute Gasteiger partial charge is 0.292 e. The SMILES string of the molecule is O=C(Nc1ccccc1[N+](=O)[O-])c1cc(-c2ccccc2)n[nH]1. The van der Waals surface area contributed by atoms with Crippen molar-refractivity contribution in [1.29, 1.82) is 0 Å². The van der Waals surface area contributed by atoms with Crippen LogP contribution in [0.1, 0.15) is 10.5 Å². The van der Waals surface area contributed by atoms with Gasteiger partial charge in [0.05, 0.1) is 10.6 Å². The molecule has 0 saturated heterocycles. The Balaban J connectivity index is 1.83. The third-order valence-electron chi connectivity index (χ3n) is 3.24. The Hall–Kier alpha value is -3.48. The number of para-hydroxylation sites is 2. The van der Waals surface area contributed by atoms with Crippen molar-refractivity contribution < 1.29 is 9.72 Å². The minimum atomic E-state index is -0.544. The average Bonchev–Trinajstić information content (AvgIpc) is 3.06. The van der Waals surface area contributed by atoms with E-state index < -0.39 is 10.8 Å². The van der Waals surface area contributed by atoms with E-state index in [0.717, 1.165) is 5.56 Å². The molecule has 3 rings (SSSR count). The molecule has 0 fully saturated rings. The van der Waals surface area contributed by atoms with Crippen molar-refractivity contribution in [2.45, 2.75) is 0 Å². The molecule has 0 atom stereocenters. The van der Waals surface area contributed by atoms with Crippen LogP contribution < -0.4 is 5.32 Å². The van der Waals surface area contributed by atoms with Crippen molar-refractivity contribution in [3.63, 3.8) is 0 Å². The second-order valence-corrected chi connectivity index (χ2v) is 4.76. The number of carbonyl (C=O) groups excluding carboxylic acids is 1. The van der Waals surface area contributed by atoms with Crippen molar-refractivity contribution >= 4 is 17.3 Å². The molecule has 0 aliphatic carbocycles. The highest BCUT2D eigenvalue weighted by Gasteiger charge is 2.17.